The second-order valence-corrected chi connectivity index (χ2v) is 7.08. The number of thioether (sulfide) groups is 1. The van der Waals surface area contributed by atoms with Crippen molar-refractivity contribution in [2.24, 2.45) is 5.16 Å². The van der Waals surface area contributed by atoms with Crippen molar-refractivity contribution in [3.8, 4) is 11.8 Å². The van der Waals surface area contributed by atoms with Crippen LogP contribution in [0.2, 0.25) is 0 Å². The molecule has 0 amide bonds. The summed E-state index contributed by atoms with van der Waals surface area (Å²) in [7, 11) is -2.46. The first-order valence-corrected chi connectivity index (χ1v) is 9.68. The molecule has 1 aliphatic rings. The minimum Gasteiger partial charge on any atom is -0.496 e. The highest BCUT2D eigenvalue weighted by atomic mass is 32.2. The van der Waals surface area contributed by atoms with Crippen molar-refractivity contribution in [2.45, 2.75) is 13.3 Å². The first kappa shape index (κ1) is 19.1. The van der Waals surface area contributed by atoms with E-state index >= 15 is 0 Å². The fourth-order valence-electron chi connectivity index (χ4n) is 2.02. The molecule has 1 aromatic rings. The number of benzene rings is 1. The van der Waals surface area contributed by atoms with Crippen molar-refractivity contribution in [2.75, 3.05) is 13.7 Å². The summed E-state index contributed by atoms with van der Waals surface area (Å²) in [5.41, 5.74) is 1.39. The van der Waals surface area contributed by atoms with Crippen LogP contribution >= 0.6 is 11.8 Å². The molecule has 0 aliphatic carbocycles. The summed E-state index contributed by atoms with van der Waals surface area (Å²) in [5.74, 6) is 0.536. The molecule has 25 heavy (non-hydrogen) atoms. The highest BCUT2D eigenvalue weighted by Crippen LogP contribution is 2.34. The second-order valence-electron chi connectivity index (χ2n) is 4.84. The third kappa shape index (κ3) is 4.85. The lowest BCUT2D eigenvalue weighted by Crippen LogP contribution is -2.25. The number of nitrogens with zero attached hydrogens (tertiary/aromatic N) is 2. The normalized spacial score (nSPS) is 17.4. The fourth-order valence-corrected chi connectivity index (χ4v) is 3.45. The number of nitrogens with one attached hydrogen (secondary N) is 1. The zero-order valence-corrected chi connectivity index (χ0v) is 15.4. The summed E-state index contributed by atoms with van der Waals surface area (Å²) in [4.78, 5) is 0. The molecule has 7 nitrogen and oxygen atoms in total. The van der Waals surface area contributed by atoms with Crippen LogP contribution in [0, 0.1) is 11.3 Å². The highest BCUT2D eigenvalue weighted by Gasteiger charge is 2.21. The average Bonchev–Trinajstić information content (AvgIpc) is 3.08. The molecular weight excluding hydrogens is 362 g/mol. The molecule has 1 aliphatic heterocycles. The average molecular weight is 379 g/mol. The molecule has 0 radical (unpaired) electrons. The topological polar surface area (TPSA) is 101 Å². The zero-order valence-electron chi connectivity index (χ0n) is 13.7. The van der Waals surface area contributed by atoms with E-state index < -0.39 is 10.3 Å². The van der Waals surface area contributed by atoms with Gasteiger partial charge in [0.15, 0.2) is 5.04 Å². The van der Waals surface area contributed by atoms with E-state index in [0.29, 0.717) is 28.9 Å². The van der Waals surface area contributed by atoms with Gasteiger partial charge < -0.3 is 4.74 Å². The van der Waals surface area contributed by atoms with Crippen molar-refractivity contribution in [1.29, 1.82) is 5.26 Å². The van der Waals surface area contributed by atoms with Crippen molar-refractivity contribution in [1.82, 2.24) is 4.72 Å². The van der Waals surface area contributed by atoms with Gasteiger partial charge in [-0.3, -0.25) is 4.28 Å². The van der Waals surface area contributed by atoms with Crippen molar-refractivity contribution in [3.05, 3.63) is 46.9 Å². The molecule has 1 N–H and O–H groups in total. The van der Waals surface area contributed by atoms with Crippen molar-refractivity contribution in [3.63, 3.8) is 0 Å². The predicted octanol–water partition coefficient (Wildman–Crippen LogP) is 2.81. The number of oxime groups is 1. The van der Waals surface area contributed by atoms with Gasteiger partial charge in [-0.25, -0.2) is 0 Å². The maximum atomic E-state index is 11.7. The fraction of sp³-hybridized carbons (Fsp3) is 0.250. The van der Waals surface area contributed by atoms with E-state index in [9.17, 15) is 13.7 Å². The third-order valence-corrected chi connectivity index (χ3v) is 4.77. The molecule has 132 valence electrons. The first-order chi connectivity index (χ1) is 12.0. The molecule has 1 heterocycles. The lowest BCUT2D eigenvalue weighted by Gasteiger charge is -2.09. The molecule has 0 atom stereocenters. The number of hydrogen-bond acceptors (Lipinski definition) is 7. The standard InChI is InChI=1S/C16H17N3O4S2/c1-3-9-18-25(20,21)23-19-16-13(8-10-24-16)14(11-17)12-6-4-5-7-15(12)22-2/h4-8,10,18H,3,9H2,1-2H3/b14-13+,19-16-. The number of rotatable bonds is 7. The van der Waals surface area contributed by atoms with Crippen LogP contribution in [0.5, 0.6) is 5.75 Å². The van der Waals surface area contributed by atoms with Crippen molar-refractivity contribution >= 4 is 32.7 Å². The summed E-state index contributed by atoms with van der Waals surface area (Å²) in [6.45, 7) is 2.09. The Balaban J connectivity index is 2.38. The van der Waals surface area contributed by atoms with E-state index in [1.165, 1.54) is 18.9 Å². The van der Waals surface area contributed by atoms with Crippen LogP contribution in [0.15, 0.2) is 46.5 Å². The molecule has 1 aromatic carbocycles. The maximum absolute atomic E-state index is 11.7. The molecule has 0 spiro atoms. The Morgan fingerprint density at radius 2 is 2.16 bits per heavy atom. The second kappa shape index (κ2) is 8.71. The van der Waals surface area contributed by atoms with E-state index in [-0.39, 0.29) is 11.6 Å². The maximum Gasteiger partial charge on any atom is 0.402 e. The molecule has 0 fully saturated rings. The number of para-hydroxylation sites is 1. The van der Waals surface area contributed by atoms with Crippen LogP contribution in [-0.4, -0.2) is 27.1 Å². The largest absolute Gasteiger partial charge is 0.496 e. The molecular formula is C16H17N3O4S2. The number of allylic oxidation sites excluding steroid dienone is 2. The zero-order chi connectivity index (χ0) is 18.3. The summed E-state index contributed by atoms with van der Waals surface area (Å²) < 4.78 is 35.6. The Bertz CT molecular complexity index is 868. The Morgan fingerprint density at radius 1 is 1.40 bits per heavy atom. The van der Waals surface area contributed by atoms with Crippen molar-refractivity contribution < 1.29 is 17.4 Å². The van der Waals surface area contributed by atoms with E-state index in [4.69, 9.17) is 4.74 Å². The smallest absolute Gasteiger partial charge is 0.402 e. The molecule has 9 heteroatoms. The van der Waals surface area contributed by atoms with Gasteiger partial charge in [0.2, 0.25) is 0 Å². The molecule has 0 bridgehead atoms. The third-order valence-electron chi connectivity index (χ3n) is 3.15. The van der Waals surface area contributed by atoms with E-state index in [2.05, 4.69) is 20.2 Å². The molecule has 0 saturated carbocycles. The van der Waals surface area contributed by atoms with Gasteiger partial charge in [0.05, 0.1) is 12.7 Å². The quantitative estimate of drug-likeness (QED) is 0.577. The Morgan fingerprint density at radius 3 is 2.84 bits per heavy atom. The van der Waals surface area contributed by atoms with E-state index in [1.54, 1.807) is 35.7 Å². The summed E-state index contributed by atoms with van der Waals surface area (Å²) in [6, 6.07) is 9.20. The minimum absolute atomic E-state index is 0.256. The van der Waals surface area contributed by atoms with E-state index in [0.717, 1.165) is 0 Å². The van der Waals surface area contributed by atoms with Crippen LogP contribution in [-0.2, 0) is 14.6 Å². The van der Waals surface area contributed by atoms with Gasteiger partial charge in [0.1, 0.15) is 11.8 Å². The molecule has 0 unspecified atom stereocenters. The van der Waals surface area contributed by atoms with Crippen LogP contribution in [0.4, 0.5) is 0 Å². The lowest BCUT2D eigenvalue weighted by molar-refractivity contribution is 0.332. The number of hydrogen-bond donors (Lipinski definition) is 1. The summed E-state index contributed by atoms with van der Waals surface area (Å²) in [6.07, 6.45) is 2.32. The van der Waals surface area contributed by atoms with Crippen LogP contribution < -0.4 is 9.46 Å². The van der Waals surface area contributed by atoms with Crippen LogP contribution in [0.25, 0.3) is 5.57 Å². The van der Waals surface area contributed by atoms with Gasteiger partial charge in [-0.15, -0.1) is 0 Å². The number of methoxy groups -OCH3 is 1. The lowest BCUT2D eigenvalue weighted by atomic mass is 10.0. The Kier molecular flexibility index (Phi) is 6.64. The van der Waals surface area contributed by atoms with Gasteiger partial charge >= 0.3 is 10.3 Å². The Labute approximate surface area is 151 Å². The summed E-state index contributed by atoms with van der Waals surface area (Å²) >= 11 is 1.17. The first-order valence-electron chi connectivity index (χ1n) is 7.40. The Hall–Kier alpha value is -2.28. The highest BCUT2D eigenvalue weighted by molar-refractivity contribution is 8.17. The minimum atomic E-state index is -3.97. The van der Waals surface area contributed by atoms with E-state index in [1.807, 2.05) is 6.92 Å². The molecule has 0 saturated heterocycles. The number of nitriles is 1. The van der Waals surface area contributed by atoms with Gasteiger partial charge in [0, 0.05) is 17.7 Å². The summed E-state index contributed by atoms with van der Waals surface area (Å²) in [5, 5.41) is 15.3. The monoisotopic (exact) mass is 379 g/mol. The van der Waals surface area contributed by atoms with Gasteiger partial charge in [-0.1, -0.05) is 36.0 Å². The SMILES string of the molecule is CCCNS(=O)(=O)O/N=C1\SC=C\C1=C(\C#N)c1ccccc1OC. The predicted molar refractivity (Wildman–Crippen MR) is 98.0 cm³/mol. The molecule has 2 rings (SSSR count). The van der Waals surface area contributed by atoms with Gasteiger partial charge in [-0.2, -0.15) is 18.4 Å². The van der Waals surface area contributed by atoms with Gasteiger partial charge in [0.25, 0.3) is 0 Å². The van der Waals surface area contributed by atoms with Crippen LogP contribution in [0.3, 0.4) is 0 Å². The number of ether oxygens (including phenoxy) is 1. The van der Waals surface area contributed by atoms with Gasteiger partial charge in [-0.05, 0) is 30.0 Å². The molecule has 0 aromatic heterocycles. The van der Waals surface area contributed by atoms with Crippen LogP contribution in [0.1, 0.15) is 18.9 Å².